The van der Waals surface area contributed by atoms with E-state index >= 15 is 0 Å². The van der Waals surface area contributed by atoms with Gasteiger partial charge in [-0.15, -0.1) is 0 Å². The Labute approximate surface area is 102 Å². The number of quaternary nitrogens is 1. The van der Waals surface area contributed by atoms with Crippen LogP contribution in [0.4, 0.5) is 14.6 Å². The second-order valence-electron chi connectivity index (χ2n) is 4.96. The molecule has 1 aliphatic carbocycles. The van der Waals surface area contributed by atoms with Gasteiger partial charge in [0.05, 0.1) is 25.2 Å². The molecule has 0 amide bonds. The summed E-state index contributed by atoms with van der Waals surface area (Å²) in [5.41, 5.74) is 6.07. The van der Waals surface area contributed by atoms with E-state index in [-0.39, 0.29) is 11.6 Å². The maximum atomic E-state index is 13.0. The number of hydrogen-bond donors (Lipinski definition) is 2. The first-order valence-corrected chi connectivity index (χ1v) is 5.89. The minimum absolute atomic E-state index is 0.152. The van der Waals surface area contributed by atoms with E-state index in [9.17, 15) is 14.0 Å². The van der Waals surface area contributed by atoms with Crippen LogP contribution in [0.3, 0.4) is 0 Å². The summed E-state index contributed by atoms with van der Waals surface area (Å²) in [5.74, 6) is -2.89. The fourth-order valence-electron chi connectivity index (χ4n) is 2.31. The van der Waals surface area contributed by atoms with Gasteiger partial charge in [-0.3, -0.25) is 10.9 Å². The van der Waals surface area contributed by atoms with E-state index in [2.05, 4.69) is 5.10 Å². The summed E-state index contributed by atoms with van der Waals surface area (Å²) in [7, 11) is 1.59. The van der Waals surface area contributed by atoms with E-state index in [0.717, 1.165) is 0 Å². The molecule has 8 heteroatoms. The molecule has 1 aromatic rings. The number of halogens is 2. The number of fused-ring (bicyclic) bond motifs is 1. The monoisotopic (exact) mass is 259 g/mol. The first-order chi connectivity index (χ1) is 8.40. The Morgan fingerprint density at radius 3 is 2.89 bits per heavy atom. The summed E-state index contributed by atoms with van der Waals surface area (Å²) in [4.78, 5) is 0. The molecule has 100 valence electrons. The third kappa shape index (κ3) is 1.68. The number of nitrogens with two attached hydrogens (primary N) is 1. The smallest absolute Gasteiger partial charge is 0.257 e. The Hall–Kier alpha value is -1.25. The van der Waals surface area contributed by atoms with Gasteiger partial charge in [0.1, 0.15) is 0 Å². The molecule has 1 aliphatic heterocycles. The molecule has 0 saturated heterocycles. The molecular weight excluding hydrogens is 244 g/mol. The lowest BCUT2D eigenvalue weighted by molar-refractivity contribution is -0.882. The molecule has 1 unspecified atom stereocenters. The zero-order valence-corrected chi connectivity index (χ0v) is 9.94. The Bertz CT molecular complexity index is 477. The molecule has 3 N–H and O–H groups in total. The van der Waals surface area contributed by atoms with Gasteiger partial charge in [0.25, 0.3) is 5.92 Å². The van der Waals surface area contributed by atoms with Crippen LogP contribution in [0, 0.1) is 5.21 Å². The summed E-state index contributed by atoms with van der Waals surface area (Å²) in [6.07, 6.45) is -0.235. The lowest BCUT2D eigenvalue weighted by atomic mass is 10.3. The number of nitrogens with one attached hydrogen (secondary N) is 1. The summed E-state index contributed by atoms with van der Waals surface area (Å²) >= 11 is 0. The molecule has 1 fully saturated rings. The maximum Gasteiger partial charge on any atom is 0.257 e. The molecule has 0 bridgehead atoms. The quantitative estimate of drug-likeness (QED) is 0.662. The highest BCUT2D eigenvalue weighted by molar-refractivity contribution is 5.40. The van der Waals surface area contributed by atoms with Gasteiger partial charge in [-0.2, -0.15) is 5.10 Å². The van der Waals surface area contributed by atoms with Gasteiger partial charge in [-0.25, -0.2) is 18.5 Å². The minimum atomic E-state index is -2.64. The number of nitrogens with zero attached hydrogens (tertiary/aromatic N) is 3. The van der Waals surface area contributed by atoms with E-state index in [0.29, 0.717) is 24.5 Å². The van der Waals surface area contributed by atoms with Crippen LogP contribution in [0.25, 0.3) is 0 Å². The largest absolute Gasteiger partial charge is 0.606 e. The topological polar surface area (TPSA) is 74.6 Å². The molecule has 3 atom stereocenters. The number of aryl methyl sites for hydroxylation is 1. The van der Waals surface area contributed by atoms with Crippen molar-refractivity contribution in [2.24, 2.45) is 5.73 Å². The average molecular weight is 259 g/mol. The van der Waals surface area contributed by atoms with Gasteiger partial charge in [0.2, 0.25) is 0 Å². The molecule has 6 nitrogen and oxygen atoms in total. The van der Waals surface area contributed by atoms with Crippen LogP contribution in [0.1, 0.15) is 24.5 Å². The van der Waals surface area contributed by atoms with Crippen molar-refractivity contribution in [2.75, 3.05) is 12.1 Å². The fraction of sp³-hybridized carbons (Fsp3) is 0.700. The van der Waals surface area contributed by atoms with Crippen molar-refractivity contribution in [3.8, 4) is 0 Å². The number of aromatic nitrogens is 2. The van der Waals surface area contributed by atoms with Crippen molar-refractivity contribution in [3.63, 3.8) is 0 Å². The number of hydrogen-bond acceptors (Lipinski definition) is 4. The van der Waals surface area contributed by atoms with Gasteiger partial charge >= 0.3 is 0 Å². The van der Waals surface area contributed by atoms with Gasteiger partial charge in [0, 0.05) is 18.9 Å². The zero-order chi connectivity index (χ0) is 13.1. The maximum absolute atomic E-state index is 13.0. The van der Waals surface area contributed by atoms with Crippen molar-refractivity contribution in [1.29, 1.82) is 0 Å². The second-order valence-corrected chi connectivity index (χ2v) is 4.96. The molecule has 1 saturated carbocycles. The predicted molar refractivity (Wildman–Crippen MR) is 59.9 cm³/mol. The lowest BCUT2D eigenvalue weighted by Gasteiger charge is -2.33. The van der Waals surface area contributed by atoms with Crippen molar-refractivity contribution in [1.82, 2.24) is 9.78 Å². The molecule has 2 heterocycles. The van der Waals surface area contributed by atoms with Crippen molar-refractivity contribution >= 4 is 5.82 Å². The van der Waals surface area contributed by atoms with Gasteiger partial charge in [0.15, 0.2) is 12.0 Å². The van der Waals surface area contributed by atoms with Crippen LogP contribution in [0.15, 0.2) is 6.07 Å². The molecule has 2 aliphatic rings. The van der Waals surface area contributed by atoms with Crippen LogP contribution in [-0.2, 0) is 6.54 Å². The zero-order valence-electron chi connectivity index (χ0n) is 9.94. The molecule has 18 heavy (non-hydrogen) atoms. The number of alkyl halides is 2. The first kappa shape index (κ1) is 11.8. The van der Waals surface area contributed by atoms with Crippen LogP contribution in [-0.4, -0.2) is 28.9 Å². The molecule has 0 radical (unpaired) electrons. The first-order valence-electron chi connectivity index (χ1n) is 5.89. The van der Waals surface area contributed by atoms with Crippen LogP contribution in [0.2, 0.25) is 0 Å². The molecular formula is C10H15F2N5O. The van der Waals surface area contributed by atoms with Crippen molar-refractivity contribution < 1.29 is 14.0 Å². The second kappa shape index (κ2) is 3.62. The predicted octanol–water partition coefficient (Wildman–Crippen LogP) is -0.572. The fourth-order valence-corrected chi connectivity index (χ4v) is 2.31. The SMILES string of the molecule is CN1c2cc([C@H]3CC3(F)F)nn2CC[C@@H](N)[NH+]1[O-]. The Kier molecular flexibility index (Phi) is 2.38. The molecule has 3 rings (SSSR count). The van der Waals surface area contributed by atoms with E-state index in [1.54, 1.807) is 17.8 Å². The van der Waals surface area contributed by atoms with Gasteiger partial charge in [-0.1, -0.05) is 0 Å². The van der Waals surface area contributed by atoms with Crippen LogP contribution in [0.5, 0.6) is 0 Å². The Balaban J connectivity index is 1.92. The highest BCUT2D eigenvalue weighted by atomic mass is 19.3. The highest BCUT2D eigenvalue weighted by Gasteiger charge is 2.59. The lowest BCUT2D eigenvalue weighted by Crippen LogP contribution is -3.19. The van der Waals surface area contributed by atoms with Gasteiger partial charge < -0.3 is 5.21 Å². The number of rotatable bonds is 1. The third-order valence-electron chi connectivity index (χ3n) is 3.60. The third-order valence-corrected chi connectivity index (χ3v) is 3.60. The van der Waals surface area contributed by atoms with E-state index in [1.807, 2.05) is 0 Å². The number of hydroxylamine groups is 1. The summed E-state index contributed by atoms with van der Waals surface area (Å²) in [5, 5.41) is 17.2. The van der Waals surface area contributed by atoms with Crippen molar-refractivity contribution in [2.45, 2.75) is 37.4 Å². The Morgan fingerprint density at radius 1 is 1.61 bits per heavy atom. The van der Waals surface area contributed by atoms with Crippen molar-refractivity contribution in [3.05, 3.63) is 17.0 Å². The molecule has 0 spiro atoms. The van der Waals surface area contributed by atoms with Crippen LogP contribution < -0.4 is 15.9 Å². The van der Waals surface area contributed by atoms with E-state index in [4.69, 9.17) is 5.73 Å². The van der Waals surface area contributed by atoms with E-state index < -0.39 is 18.0 Å². The average Bonchev–Trinajstić information content (AvgIpc) is 2.81. The Morgan fingerprint density at radius 2 is 2.28 bits per heavy atom. The normalized spacial score (nSPS) is 34.1. The highest BCUT2D eigenvalue weighted by Crippen LogP contribution is 2.55. The molecule has 0 aromatic carbocycles. The molecule has 1 aromatic heterocycles. The summed E-state index contributed by atoms with van der Waals surface area (Å²) in [6, 6.07) is 1.57. The van der Waals surface area contributed by atoms with E-state index in [1.165, 1.54) is 5.01 Å². The van der Waals surface area contributed by atoms with Crippen LogP contribution >= 0.6 is 0 Å². The minimum Gasteiger partial charge on any atom is -0.606 e. The summed E-state index contributed by atoms with van der Waals surface area (Å²) in [6.45, 7) is 0.477. The van der Waals surface area contributed by atoms with Gasteiger partial charge in [-0.05, 0) is 0 Å². The summed E-state index contributed by atoms with van der Waals surface area (Å²) < 4.78 is 27.6. The number of anilines is 1. The standard InChI is InChI=1S/C10H15F2N5O/c1-15-9-4-7(6-5-10(6,11)12)14-16(9)3-2-8(13)17(15)18/h4,6,8,17H,2-3,5,13H2,1H3/t6-,8+/m1/s1.